The van der Waals surface area contributed by atoms with Gasteiger partial charge in [-0.1, -0.05) is 25.4 Å². The monoisotopic (exact) mass is 579 g/mol. The van der Waals surface area contributed by atoms with Gasteiger partial charge in [0.15, 0.2) is 0 Å². The lowest BCUT2D eigenvalue weighted by Gasteiger charge is -2.65. The maximum atomic E-state index is 13.8. The second-order valence-corrected chi connectivity index (χ2v) is 12.5. The molecule has 3 N–H and O–H groups in total. The number of rotatable bonds is 7. The van der Waals surface area contributed by atoms with Gasteiger partial charge in [-0.15, -0.1) is 0 Å². The number of hydrogen-bond acceptors (Lipinski definition) is 5. The first-order valence-electron chi connectivity index (χ1n) is 12.9. The van der Waals surface area contributed by atoms with Crippen molar-refractivity contribution in [1.29, 1.82) is 0 Å². The minimum Gasteiger partial charge on any atom is -0.356 e. The van der Waals surface area contributed by atoms with E-state index in [1.165, 1.54) is 4.90 Å². The van der Waals surface area contributed by atoms with Crippen LogP contribution in [0.2, 0.25) is 0 Å². The summed E-state index contributed by atoms with van der Waals surface area (Å²) in [6.07, 6.45) is -3.34. The van der Waals surface area contributed by atoms with Crippen LogP contribution < -0.4 is 16.1 Å². The molecule has 10 nitrogen and oxygen atoms in total. The van der Waals surface area contributed by atoms with Gasteiger partial charge in [-0.2, -0.15) is 13.2 Å². The van der Waals surface area contributed by atoms with Crippen LogP contribution in [0.15, 0.2) is 0 Å². The average molecular weight is 580 g/mol. The molecule has 15 heteroatoms. The maximum Gasteiger partial charge on any atom is 0.471 e. The summed E-state index contributed by atoms with van der Waals surface area (Å²) in [5, 5.41) is 5.10. The summed E-state index contributed by atoms with van der Waals surface area (Å²) in [5.74, 6) is -6.47. The van der Waals surface area contributed by atoms with Crippen molar-refractivity contribution >= 4 is 41.1 Å². The van der Waals surface area contributed by atoms with E-state index < -0.39 is 58.9 Å². The second-order valence-electron chi connectivity index (χ2n) is 12.1. The predicted octanol–water partition coefficient (Wildman–Crippen LogP) is 0.847. The van der Waals surface area contributed by atoms with Crippen LogP contribution in [0.25, 0.3) is 0 Å². The molecular formula is C24H30ClF4N5O5. The zero-order chi connectivity index (χ0) is 28.7. The number of likely N-dealkylation sites (tertiary alicyclic amines) is 1. The Balaban J connectivity index is 1.38. The van der Waals surface area contributed by atoms with E-state index in [0.29, 0.717) is 43.2 Å². The number of hydrogen-bond donors (Lipinski definition) is 3. The standard InChI is InChI=1S/C24H30ClF4N5O5/c1-22(2)12-9-33(19(37)15(23-5-10(6-23)7-23)31-21(39)24(27,28)29)14(13(12)22)18(36)32-34(20(38)16(25)26)8-11-3-4-30-17(11)35/h10-16H,3-9H2,1-2H3,(H,30,35)(H,31,39)(H,32,36)/t10?,11-,12-,13-,14-,15?,16?,23?/m0/s1. The summed E-state index contributed by atoms with van der Waals surface area (Å²) >= 11 is 5.35. The fourth-order valence-electron chi connectivity index (χ4n) is 7.11. The molecular weight excluding hydrogens is 550 g/mol. The number of fused-ring (bicyclic) bond motifs is 1. The van der Waals surface area contributed by atoms with Crippen LogP contribution >= 0.6 is 11.6 Å². The first-order chi connectivity index (χ1) is 18.1. The van der Waals surface area contributed by atoms with Crippen molar-refractivity contribution in [2.24, 2.45) is 34.5 Å². The topological polar surface area (TPSA) is 128 Å². The van der Waals surface area contributed by atoms with Crippen molar-refractivity contribution in [3.8, 4) is 0 Å². The lowest BCUT2D eigenvalue weighted by molar-refractivity contribution is -0.187. The number of nitrogens with one attached hydrogen (secondary N) is 3. The van der Waals surface area contributed by atoms with Gasteiger partial charge >= 0.3 is 12.1 Å². The van der Waals surface area contributed by atoms with Crippen LogP contribution in [-0.2, 0) is 24.0 Å². The van der Waals surface area contributed by atoms with Gasteiger partial charge in [-0.05, 0) is 48.9 Å². The summed E-state index contributed by atoms with van der Waals surface area (Å²) in [6.45, 7) is 3.84. The molecule has 6 atom stereocenters. The Morgan fingerprint density at radius 3 is 2.33 bits per heavy atom. The van der Waals surface area contributed by atoms with Gasteiger partial charge in [0, 0.05) is 18.5 Å². The van der Waals surface area contributed by atoms with Gasteiger partial charge in [0.1, 0.15) is 12.1 Å². The van der Waals surface area contributed by atoms with Crippen LogP contribution in [0.1, 0.15) is 39.5 Å². The first-order valence-corrected chi connectivity index (χ1v) is 13.4. The highest BCUT2D eigenvalue weighted by atomic mass is 35.5. The third-order valence-corrected chi connectivity index (χ3v) is 9.69. The lowest BCUT2D eigenvalue weighted by Crippen LogP contribution is -2.70. The molecule has 216 valence electrons. The summed E-state index contributed by atoms with van der Waals surface area (Å²) in [5.41, 5.74) is -1.35. The normalized spacial score (nSPS) is 35.0. The third kappa shape index (κ3) is 4.61. The number of piperidine rings is 1. The Hall–Kier alpha value is -2.64. The van der Waals surface area contributed by atoms with Gasteiger partial charge in [-0.25, -0.2) is 9.40 Å². The smallest absolute Gasteiger partial charge is 0.356 e. The average Bonchev–Trinajstić information content (AvgIpc) is 3.14. The van der Waals surface area contributed by atoms with E-state index >= 15 is 0 Å². The molecule has 0 radical (unpaired) electrons. The van der Waals surface area contributed by atoms with Crippen molar-refractivity contribution < 1.29 is 41.5 Å². The van der Waals surface area contributed by atoms with E-state index in [2.05, 4.69) is 10.7 Å². The largest absolute Gasteiger partial charge is 0.471 e. The van der Waals surface area contributed by atoms with Crippen LogP contribution in [0.3, 0.4) is 0 Å². The summed E-state index contributed by atoms with van der Waals surface area (Å²) < 4.78 is 53.1. The Labute approximate surface area is 226 Å². The lowest BCUT2D eigenvalue weighted by atomic mass is 9.41. The first kappa shape index (κ1) is 27.9. The van der Waals surface area contributed by atoms with Gasteiger partial charge in [0.2, 0.25) is 11.8 Å². The van der Waals surface area contributed by atoms with E-state index in [1.54, 1.807) is 0 Å². The number of nitrogens with zero attached hydrogens (tertiary/aromatic N) is 2. The van der Waals surface area contributed by atoms with Gasteiger partial charge < -0.3 is 15.5 Å². The second kappa shape index (κ2) is 9.20. The van der Waals surface area contributed by atoms with Gasteiger partial charge in [0.05, 0.1) is 12.5 Å². The van der Waals surface area contributed by atoms with Crippen LogP contribution in [0.5, 0.6) is 0 Å². The number of halogens is 5. The van der Waals surface area contributed by atoms with Crippen molar-refractivity contribution in [2.75, 3.05) is 19.6 Å². The number of carbonyl (C=O) groups excluding carboxylic acids is 5. The van der Waals surface area contributed by atoms with E-state index in [1.807, 2.05) is 19.2 Å². The molecule has 4 saturated carbocycles. The van der Waals surface area contributed by atoms with Crippen LogP contribution in [0.4, 0.5) is 17.6 Å². The highest BCUT2D eigenvalue weighted by molar-refractivity contribution is 6.29. The quantitative estimate of drug-likeness (QED) is 0.234. The van der Waals surface area contributed by atoms with Crippen molar-refractivity contribution in [3.63, 3.8) is 0 Å². The minimum atomic E-state index is -5.19. The maximum absolute atomic E-state index is 13.8. The number of amides is 5. The molecule has 39 heavy (non-hydrogen) atoms. The van der Waals surface area contributed by atoms with E-state index in [0.717, 1.165) is 0 Å². The Kier molecular flexibility index (Phi) is 6.58. The fourth-order valence-corrected chi connectivity index (χ4v) is 7.23. The molecule has 2 unspecified atom stereocenters. The van der Waals surface area contributed by atoms with E-state index in [-0.39, 0.29) is 36.2 Å². The Bertz CT molecular complexity index is 1100. The predicted molar refractivity (Wildman–Crippen MR) is 126 cm³/mol. The van der Waals surface area contributed by atoms with Gasteiger partial charge in [0.25, 0.3) is 17.4 Å². The molecule has 4 aliphatic carbocycles. The molecule has 2 bridgehead atoms. The summed E-state index contributed by atoms with van der Waals surface area (Å²) in [7, 11) is 0. The number of carbonyl (C=O) groups is 5. The van der Waals surface area contributed by atoms with E-state index in [4.69, 9.17) is 11.6 Å². The minimum absolute atomic E-state index is 0.0761. The Morgan fingerprint density at radius 1 is 1.21 bits per heavy atom. The van der Waals surface area contributed by atoms with Crippen molar-refractivity contribution in [3.05, 3.63) is 0 Å². The fraction of sp³-hybridized carbons (Fsp3) is 0.792. The van der Waals surface area contributed by atoms with Crippen LogP contribution in [0, 0.1) is 34.5 Å². The molecule has 2 heterocycles. The van der Waals surface area contributed by atoms with Crippen molar-refractivity contribution in [1.82, 2.24) is 26.0 Å². The number of alkyl halides is 5. The molecule has 6 aliphatic rings. The molecule has 2 aliphatic heterocycles. The molecule has 6 rings (SSSR count). The molecule has 5 amide bonds. The third-order valence-electron chi connectivity index (χ3n) is 9.50. The summed E-state index contributed by atoms with van der Waals surface area (Å²) in [4.78, 5) is 64.9. The summed E-state index contributed by atoms with van der Waals surface area (Å²) in [6, 6.07) is -2.64. The van der Waals surface area contributed by atoms with Gasteiger partial charge in [-0.3, -0.25) is 29.4 Å². The zero-order valence-electron chi connectivity index (χ0n) is 21.3. The molecule has 0 aromatic rings. The molecule has 0 aromatic heterocycles. The SMILES string of the molecule is CC1(C)[C@@H]2[C@@H](C(=O)NN(C[C@@H]3CCNC3=O)C(=O)C(F)Cl)N(C(=O)C(NC(=O)C(F)(F)F)C34CC(C3)C4)C[C@@H]21. The number of hydrazine groups is 1. The highest BCUT2D eigenvalue weighted by Crippen LogP contribution is 2.68. The Morgan fingerprint density at radius 2 is 1.85 bits per heavy atom. The van der Waals surface area contributed by atoms with E-state index in [9.17, 15) is 41.5 Å². The molecule has 6 fully saturated rings. The highest BCUT2D eigenvalue weighted by Gasteiger charge is 2.71. The molecule has 0 aromatic carbocycles. The van der Waals surface area contributed by atoms with Crippen LogP contribution in [-0.4, -0.2) is 83.0 Å². The van der Waals surface area contributed by atoms with Crippen molar-refractivity contribution in [2.45, 2.75) is 63.4 Å². The molecule has 0 spiro atoms. The molecule has 2 saturated heterocycles. The zero-order valence-corrected chi connectivity index (χ0v) is 22.1.